The van der Waals surface area contributed by atoms with Crippen molar-refractivity contribution in [3.8, 4) is 5.75 Å². The van der Waals surface area contributed by atoms with Gasteiger partial charge in [-0.05, 0) is 37.6 Å². The molecule has 0 spiro atoms. The molecule has 1 aliphatic rings. The lowest BCUT2D eigenvalue weighted by atomic mass is 10.1. The molecule has 0 aliphatic carbocycles. The number of nitrogens with one attached hydrogen (secondary N) is 2. The lowest BCUT2D eigenvalue weighted by Crippen LogP contribution is -2.40. The number of carbonyl (C=O) groups excluding carboxylic acids is 2. The third kappa shape index (κ3) is 4.09. The van der Waals surface area contributed by atoms with Crippen molar-refractivity contribution in [2.45, 2.75) is 18.9 Å². The molecule has 1 fully saturated rings. The number of hydrogen-bond acceptors (Lipinski definition) is 4. The van der Waals surface area contributed by atoms with Crippen molar-refractivity contribution < 1.29 is 14.3 Å². The maximum Gasteiger partial charge on any atom is 0.251 e. The molecule has 0 aromatic heterocycles. The van der Waals surface area contributed by atoms with Crippen LogP contribution < -0.4 is 21.1 Å². The predicted molar refractivity (Wildman–Crippen MR) is 79.5 cm³/mol. The predicted octanol–water partition coefficient (Wildman–Crippen LogP) is 0.686. The quantitative estimate of drug-likeness (QED) is 0.674. The Kier molecular flexibility index (Phi) is 5.41. The van der Waals surface area contributed by atoms with Crippen LogP contribution in [0.3, 0.4) is 0 Å². The topological polar surface area (TPSA) is 93.4 Å². The first-order valence-corrected chi connectivity index (χ1v) is 7.20. The van der Waals surface area contributed by atoms with Gasteiger partial charge in [-0.3, -0.25) is 9.59 Å². The highest BCUT2D eigenvalue weighted by Crippen LogP contribution is 2.25. The van der Waals surface area contributed by atoms with Crippen LogP contribution in [0.25, 0.3) is 0 Å². The summed E-state index contributed by atoms with van der Waals surface area (Å²) in [5, 5.41) is 5.70. The first-order valence-electron chi connectivity index (χ1n) is 6.83. The van der Waals surface area contributed by atoms with Crippen molar-refractivity contribution in [3.63, 3.8) is 0 Å². The Labute approximate surface area is 128 Å². The number of halogens is 1. The van der Waals surface area contributed by atoms with Gasteiger partial charge in [-0.25, -0.2) is 0 Å². The van der Waals surface area contributed by atoms with Crippen LogP contribution in [-0.4, -0.2) is 37.6 Å². The number of benzene rings is 1. The van der Waals surface area contributed by atoms with E-state index in [1.807, 2.05) is 0 Å². The van der Waals surface area contributed by atoms with E-state index in [0.29, 0.717) is 42.5 Å². The van der Waals surface area contributed by atoms with Gasteiger partial charge < -0.3 is 21.1 Å². The van der Waals surface area contributed by atoms with E-state index in [1.54, 1.807) is 12.1 Å². The van der Waals surface area contributed by atoms with Crippen LogP contribution >= 0.6 is 11.6 Å². The van der Waals surface area contributed by atoms with Crippen molar-refractivity contribution in [3.05, 3.63) is 28.8 Å². The van der Waals surface area contributed by atoms with Gasteiger partial charge in [-0.1, -0.05) is 11.6 Å². The molecule has 1 saturated heterocycles. The smallest absolute Gasteiger partial charge is 0.251 e. The fraction of sp³-hybridized carbons (Fsp3) is 0.429. The maximum absolute atomic E-state index is 12.1. The molecule has 21 heavy (non-hydrogen) atoms. The second-order valence-corrected chi connectivity index (χ2v) is 5.15. The zero-order valence-electron chi connectivity index (χ0n) is 11.5. The van der Waals surface area contributed by atoms with E-state index in [9.17, 15) is 9.59 Å². The van der Waals surface area contributed by atoms with Gasteiger partial charge in [0.2, 0.25) is 5.91 Å². The Balaban J connectivity index is 1.98. The minimum Gasteiger partial charge on any atom is -0.492 e. The molecule has 1 aromatic rings. The van der Waals surface area contributed by atoms with E-state index in [2.05, 4.69) is 10.6 Å². The molecular formula is C14H18ClN3O3. The van der Waals surface area contributed by atoms with Crippen molar-refractivity contribution >= 4 is 23.4 Å². The highest BCUT2D eigenvalue weighted by molar-refractivity contribution is 6.32. The van der Waals surface area contributed by atoms with Crippen LogP contribution in [0.2, 0.25) is 5.02 Å². The molecule has 7 heteroatoms. The molecule has 114 valence electrons. The molecule has 6 nitrogen and oxygen atoms in total. The van der Waals surface area contributed by atoms with Crippen LogP contribution in [-0.2, 0) is 4.79 Å². The highest BCUT2D eigenvalue weighted by atomic mass is 35.5. The zero-order valence-corrected chi connectivity index (χ0v) is 12.3. The molecule has 4 N–H and O–H groups in total. The number of nitrogens with two attached hydrogens (primary N) is 1. The van der Waals surface area contributed by atoms with Gasteiger partial charge in [0, 0.05) is 12.1 Å². The third-order valence-corrected chi connectivity index (χ3v) is 3.45. The molecule has 0 bridgehead atoms. The fourth-order valence-corrected chi connectivity index (χ4v) is 2.23. The van der Waals surface area contributed by atoms with Gasteiger partial charge in [0.1, 0.15) is 11.8 Å². The molecule has 2 amide bonds. The third-order valence-electron chi connectivity index (χ3n) is 3.15. The summed E-state index contributed by atoms with van der Waals surface area (Å²) in [7, 11) is 0. The summed E-state index contributed by atoms with van der Waals surface area (Å²) in [5.41, 5.74) is 5.78. The zero-order chi connectivity index (χ0) is 15.2. The van der Waals surface area contributed by atoms with E-state index in [0.717, 1.165) is 6.42 Å². The van der Waals surface area contributed by atoms with Gasteiger partial charge in [0.15, 0.2) is 0 Å². The Morgan fingerprint density at radius 1 is 1.52 bits per heavy atom. The summed E-state index contributed by atoms with van der Waals surface area (Å²) < 4.78 is 5.45. The van der Waals surface area contributed by atoms with Gasteiger partial charge in [-0.15, -0.1) is 0 Å². The van der Waals surface area contributed by atoms with Crippen LogP contribution in [0.15, 0.2) is 18.2 Å². The van der Waals surface area contributed by atoms with Gasteiger partial charge >= 0.3 is 0 Å². The maximum atomic E-state index is 12.1. The van der Waals surface area contributed by atoms with Crippen molar-refractivity contribution in [2.24, 2.45) is 5.73 Å². The summed E-state index contributed by atoms with van der Waals surface area (Å²) >= 11 is 6.08. The van der Waals surface area contributed by atoms with E-state index in [1.165, 1.54) is 6.07 Å². The molecule has 1 heterocycles. The monoisotopic (exact) mass is 311 g/mol. The summed E-state index contributed by atoms with van der Waals surface area (Å²) in [6.45, 7) is 1.60. The molecule has 0 saturated carbocycles. The fourth-order valence-electron chi connectivity index (χ4n) is 2.00. The average Bonchev–Trinajstić information content (AvgIpc) is 2.86. The van der Waals surface area contributed by atoms with Crippen LogP contribution in [0, 0.1) is 0 Å². The van der Waals surface area contributed by atoms with E-state index >= 15 is 0 Å². The molecule has 1 aliphatic heterocycles. The van der Waals surface area contributed by atoms with E-state index in [-0.39, 0.29) is 11.8 Å². The number of carbonyl (C=O) groups is 2. The van der Waals surface area contributed by atoms with Gasteiger partial charge in [-0.2, -0.15) is 0 Å². The second kappa shape index (κ2) is 7.28. The summed E-state index contributed by atoms with van der Waals surface area (Å²) in [5.74, 6) is 0.0314. The molecule has 0 radical (unpaired) electrons. The molecule has 2 rings (SSSR count). The van der Waals surface area contributed by atoms with Crippen molar-refractivity contribution in [1.29, 1.82) is 0 Å². The molecular weight excluding hydrogens is 294 g/mol. The lowest BCUT2D eigenvalue weighted by molar-refractivity contribution is -0.120. The van der Waals surface area contributed by atoms with Crippen molar-refractivity contribution in [1.82, 2.24) is 10.6 Å². The van der Waals surface area contributed by atoms with Crippen LogP contribution in [0.5, 0.6) is 5.75 Å². The Morgan fingerprint density at radius 2 is 2.33 bits per heavy atom. The average molecular weight is 312 g/mol. The summed E-state index contributed by atoms with van der Waals surface area (Å²) in [6.07, 6.45) is 1.33. The number of rotatable bonds is 6. The summed E-state index contributed by atoms with van der Waals surface area (Å²) in [6, 6.07) is 4.31. The second-order valence-electron chi connectivity index (χ2n) is 4.74. The van der Waals surface area contributed by atoms with Gasteiger partial charge in [0.25, 0.3) is 5.91 Å². The molecule has 1 aromatic carbocycles. The molecule has 1 atom stereocenters. The molecule has 1 unspecified atom stereocenters. The van der Waals surface area contributed by atoms with E-state index in [4.69, 9.17) is 22.1 Å². The highest BCUT2D eigenvalue weighted by Gasteiger charge is 2.26. The first-order chi connectivity index (χ1) is 10.1. The Morgan fingerprint density at radius 3 is 2.95 bits per heavy atom. The number of hydrogen-bond donors (Lipinski definition) is 3. The van der Waals surface area contributed by atoms with Crippen LogP contribution in [0.1, 0.15) is 23.2 Å². The Hall–Kier alpha value is -1.79. The van der Waals surface area contributed by atoms with E-state index < -0.39 is 6.04 Å². The van der Waals surface area contributed by atoms with Gasteiger partial charge in [0.05, 0.1) is 11.6 Å². The number of ether oxygens (including phenoxy) is 1. The summed E-state index contributed by atoms with van der Waals surface area (Å²) in [4.78, 5) is 23.5. The largest absolute Gasteiger partial charge is 0.492 e. The van der Waals surface area contributed by atoms with Crippen LogP contribution in [0.4, 0.5) is 0 Å². The van der Waals surface area contributed by atoms with Crippen molar-refractivity contribution in [2.75, 3.05) is 19.7 Å². The number of amides is 2. The minimum absolute atomic E-state index is 0.156. The Bertz CT molecular complexity index is 536. The normalized spacial score (nSPS) is 17.4. The minimum atomic E-state index is -0.475. The standard InChI is InChI=1S/C14H18ClN3O3/c15-10-8-9(2-3-12(10)21-7-1-5-16)13(19)18-11-4-6-17-14(11)20/h2-3,8,11H,1,4-7,16H2,(H,17,20)(H,18,19). The first kappa shape index (κ1) is 15.6. The lowest BCUT2D eigenvalue weighted by Gasteiger charge is -2.12. The SMILES string of the molecule is NCCCOc1ccc(C(=O)NC2CCNC2=O)cc1Cl.